The van der Waals surface area contributed by atoms with Crippen LogP contribution in [-0.2, 0) is 6.54 Å². The maximum absolute atomic E-state index is 13.8. The van der Waals surface area contributed by atoms with E-state index in [1.165, 1.54) is 15.7 Å². The highest BCUT2D eigenvalue weighted by atomic mass is 16.2. The first-order valence-corrected chi connectivity index (χ1v) is 13.3. The average Bonchev–Trinajstić information content (AvgIpc) is 3.01. The Morgan fingerprint density at radius 2 is 1.05 bits per heavy atom. The monoisotopic (exact) mass is 515 g/mol. The second-order valence-electron chi connectivity index (χ2n) is 10.4. The molecule has 0 aromatic heterocycles. The number of carbonyl (C=O) groups excluding carboxylic acids is 3. The molecule has 0 spiro atoms. The lowest BCUT2D eigenvalue weighted by molar-refractivity contribution is 0.0598. The Labute approximate surface area is 229 Å². The van der Waals surface area contributed by atoms with Crippen LogP contribution in [0.5, 0.6) is 0 Å². The van der Waals surface area contributed by atoms with Crippen LogP contribution in [0.25, 0.3) is 54.2 Å². The summed E-state index contributed by atoms with van der Waals surface area (Å²) in [6.45, 7) is 0.189. The number of imide groups is 1. The summed E-state index contributed by atoms with van der Waals surface area (Å²) >= 11 is 0. The van der Waals surface area contributed by atoms with Gasteiger partial charge in [0.1, 0.15) is 6.29 Å². The molecular weight excluding hydrogens is 494 g/mol. The van der Waals surface area contributed by atoms with Crippen molar-refractivity contribution in [2.24, 2.45) is 0 Å². The molecule has 2 amide bonds. The average molecular weight is 516 g/mol. The molecule has 1 heterocycles. The number of benzene rings is 7. The quantitative estimate of drug-likeness (QED) is 0.103. The highest BCUT2D eigenvalue weighted by Crippen LogP contribution is 2.43. The van der Waals surface area contributed by atoms with E-state index in [0.717, 1.165) is 55.3 Å². The van der Waals surface area contributed by atoms with E-state index in [9.17, 15) is 14.4 Å². The number of hydrogen-bond donors (Lipinski definition) is 0. The van der Waals surface area contributed by atoms with Crippen molar-refractivity contribution in [1.29, 1.82) is 0 Å². The fourth-order valence-corrected chi connectivity index (χ4v) is 6.36. The molecule has 0 saturated heterocycles. The number of fused-ring (bicyclic) bond motifs is 2. The lowest BCUT2D eigenvalue weighted by Gasteiger charge is -2.28. The largest absolute Gasteiger partial charge is 0.298 e. The fourth-order valence-electron chi connectivity index (χ4n) is 6.36. The Hall–Kier alpha value is -5.35. The van der Waals surface area contributed by atoms with Crippen molar-refractivity contribution < 1.29 is 14.4 Å². The first-order valence-electron chi connectivity index (χ1n) is 13.3. The topological polar surface area (TPSA) is 54.5 Å². The number of aldehydes is 1. The minimum atomic E-state index is -0.271. The zero-order valence-corrected chi connectivity index (χ0v) is 21.3. The predicted octanol–water partition coefficient (Wildman–Crippen LogP) is 8.01. The van der Waals surface area contributed by atoms with E-state index < -0.39 is 0 Å². The summed E-state index contributed by atoms with van der Waals surface area (Å²) in [5.74, 6) is -0.543. The van der Waals surface area contributed by atoms with Gasteiger partial charge in [0.25, 0.3) is 11.8 Å². The maximum atomic E-state index is 13.8. The van der Waals surface area contributed by atoms with Gasteiger partial charge >= 0.3 is 0 Å². The number of carbonyl (C=O) groups is 3. The van der Waals surface area contributed by atoms with Crippen molar-refractivity contribution in [1.82, 2.24) is 4.90 Å². The SMILES string of the molecule is O=Cc1ccc(-c2ccc(CN3C(=O)c4ccc5c6cccc7cccc(c8ccc(c4c58)C3=O)c76)cc2)cc1. The molecule has 40 heavy (non-hydrogen) atoms. The summed E-state index contributed by atoms with van der Waals surface area (Å²) in [5.41, 5.74) is 4.61. The van der Waals surface area contributed by atoms with E-state index in [1.807, 2.05) is 60.7 Å². The molecule has 0 fully saturated rings. The molecule has 4 heteroatoms. The van der Waals surface area contributed by atoms with Gasteiger partial charge in [0.05, 0.1) is 6.54 Å². The van der Waals surface area contributed by atoms with E-state index >= 15 is 0 Å². The summed E-state index contributed by atoms with van der Waals surface area (Å²) < 4.78 is 0. The van der Waals surface area contributed by atoms with Gasteiger partial charge < -0.3 is 0 Å². The molecule has 0 aliphatic carbocycles. The molecular formula is C36H21NO3. The van der Waals surface area contributed by atoms with Crippen LogP contribution < -0.4 is 0 Å². The third kappa shape index (κ3) is 3.10. The molecule has 7 aromatic rings. The second-order valence-corrected chi connectivity index (χ2v) is 10.4. The molecule has 7 aromatic carbocycles. The summed E-state index contributed by atoms with van der Waals surface area (Å²) in [6.07, 6.45) is 0.824. The third-order valence-corrected chi connectivity index (χ3v) is 8.27. The second kappa shape index (κ2) is 8.32. The number of hydrogen-bond acceptors (Lipinski definition) is 3. The maximum Gasteiger partial charge on any atom is 0.261 e. The van der Waals surface area contributed by atoms with Crippen molar-refractivity contribution in [2.45, 2.75) is 6.54 Å². The number of amides is 2. The summed E-state index contributed by atoms with van der Waals surface area (Å²) in [4.78, 5) is 39.9. The highest BCUT2D eigenvalue weighted by Gasteiger charge is 2.34. The zero-order chi connectivity index (χ0) is 27.0. The van der Waals surface area contributed by atoms with Gasteiger partial charge in [0.2, 0.25) is 0 Å². The molecule has 1 aliphatic heterocycles. The van der Waals surface area contributed by atoms with Crippen LogP contribution in [-0.4, -0.2) is 23.0 Å². The fraction of sp³-hybridized carbons (Fsp3) is 0.0278. The van der Waals surface area contributed by atoms with Crippen LogP contribution in [0, 0.1) is 0 Å². The molecule has 0 radical (unpaired) electrons. The minimum absolute atomic E-state index is 0.189. The van der Waals surface area contributed by atoms with Crippen molar-refractivity contribution in [3.8, 4) is 11.1 Å². The van der Waals surface area contributed by atoms with Gasteiger partial charge in [-0.15, -0.1) is 0 Å². The van der Waals surface area contributed by atoms with Crippen LogP contribution in [0.15, 0.2) is 109 Å². The Kier molecular flexibility index (Phi) is 4.71. The first-order chi connectivity index (χ1) is 19.6. The van der Waals surface area contributed by atoms with Crippen molar-refractivity contribution in [3.05, 3.63) is 131 Å². The predicted molar refractivity (Wildman–Crippen MR) is 159 cm³/mol. The van der Waals surface area contributed by atoms with Crippen LogP contribution in [0.3, 0.4) is 0 Å². The highest BCUT2D eigenvalue weighted by molar-refractivity contribution is 6.38. The number of rotatable bonds is 4. The zero-order valence-electron chi connectivity index (χ0n) is 21.3. The molecule has 0 atom stereocenters. The summed E-state index contributed by atoms with van der Waals surface area (Å²) in [6, 6.07) is 35.7. The van der Waals surface area contributed by atoms with Crippen LogP contribution in [0.2, 0.25) is 0 Å². The van der Waals surface area contributed by atoms with Crippen LogP contribution in [0.1, 0.15) is 36.6 Å². The van der Waals surface area contributed by atoms with Gasteiger partial charge in [-0.2, -0.15) is 0 Å². The van der Waals surface area contributed by atoms with E-state index in [1.54, 1.807) is 12.1 Å². The minimum Gasteiger partial charge on any atom is -0.298 e. The molecule has 8 rings (SSSR count). The third-order valence-electron chi connectivity index (χ3n) is 8.27. The smallest absolute Gasteiger partial charge is 0.261 e. The van der Waals surface area contributed by atoms with Gasteiger partial charge in [-0.05, 0) is 66.5 Å². The van der Waals surface area contributed by atoms with Crippen LogP contribution >= 0.6 is 0 Å². The standard InChI is InChI=1S/C36H21NO3/c38-20-22-9-13-24(14-10-22)23-11-7-21(8-12-23)19-37-35(39)30-17-15-28-26-5-1-3-25-4-2-6-27(32(25)26)29-16-18-31(36(37)40)34(30)33(28)29/h1-18,20H,19H2. The van der Waals surface area contributed by atoms with E-state index in [2.05, 4.69) is 36.4 Å². The molecule has 188 valence electrons. The van der Waals surface area contributed by atoms with E-state index in [0.29, 0.717) is 16.7 Å². The van der Waals surface area contributed by atoms with Gasteiger partial charge in [-0.1, -0.05) is 97.1 Å². The Bertz CT molecular complexity index is 2080. The van der Waals surface area contributed by atoms with Gasteiger partial charge in [-0.25, -0.2) is 0 Å². The molecule has 0 unspecified atom stereocenters. The van der Waals surface area contributed by atoms with Crippen molar-refractivity contribution in [3.63, 3.8) is 0 Å². The van der Waals surface area contributed by atoms with Crippen molar-refractivity contribution in [2.75, 3.05) is 0 Å². The lowest BCUT2D eigenvalue weighted by Crippen LogP contribution is -2.39. The van der Waals surface area contributed by atoms with E-state index in [-0.39, 0.29) is 18.4 Å². The number of nitrogens with zero attached hydrogens (tertiary/aromatic N) is 1. The normalized spacial score (nSPS) is 13.2. The van der Waals surface area contributed by atoms with Gasteiger partial charge in [0.15, 0.2) is 0 Å². The molecule has 0 bridgehead atoms. The van der Waals surface area contributed by atoms with Crippen LogP contribution in [0.4, 0.5) is 0 Å². The molecule has 0 N–H and O–H groups in total. The lowest BCUT2D eigenvalue weighted by atomic mass is 9.85. The van der Waals surface area contributed by atoms with Gasteiger partial charge in [0, 0.05) is 22.1 Å². The van der Waals surface area contributed by atoms with Gasteiger partial charge in [-0.3, -0.25) is 19.3 Å². The molecule has 4 nitrogen and oxygen atoms in total. The molecule has 1 aliphatic rings. The summed E-state index contributed by atoms with van der Waals surface area (Å²) in [5, 5.41) is 8.50. The summed E-state index contributed by atoms with van der Waals surface area (Å²) in [7, 11) is 0. The Morgan fingerprint density at radius 1 is 0.525 bits per heavy atom. The Morgan fingerprint density at radius 3 is 1.60 bits per heavy atom. The van der Waals surface area contributed by atoms with E-state index in [4.69, 9.17) is 0 Å². The van der Waals surface area contributed by atoms with Crippen molar-refractivity contribution >= 4 is 61.2 Å². The Balaban J connectivity index is 1.22. The molecule has 0 saturated carbocycles. The first kappa shape index (κ1) is 22.6.